The molecular formula is C14H10F2N2O4. The Morgan fingerprint density at radius 2 is 1.86 bits per heavy atom. The minimum atomic E-state index is -1.03. The fourth-order valence-corrected chi connectivity index (χ4v) is 1.80. The van der Waals surface area contributed by atoms with Gasteiger partial charge in [0.15, 0.2) is 0 Å². The van der Waals surface area contributed by atoms with Crippen molar-refractivity contribution in [2.24, 2.45) is 0 Å². The number of nitro groups is 1. The van der Waals surface area contributed by atoms with Crippen molar-refractivity contribution in [2.45, 2.75) is 0 Å². The van der Waals surface area contributed by atoms with Gasteiger partial charge < -0.3 is 10.1 Å². The normalized spacial score (nSPS) is 10.1. The molecule has 0 spiro atoms. The summed E-state index contributed by atoms with van der Waals surface area (Å²) >= 11 is 0. The van der Waals surface area contributed by atoms with E-state index >= 15 is 0 Å². The van der Waals surface area contributed by atoms with Crippen LogP contribution in [0.3, 0.4) is 0 Å². The van der Waals surface area contributed by atoms with Gasteiger partial charge in [0, 0.05) is 6.07 Å². The molecule has 2 aromatic rings. The van der Waals surface area contributed by atoms with Crippen molar-refractivity contribution in [3.63, 3.8) is 0 Å². The quantitative estimate of drug-likeness (QED) is 0.695. The lowest BCUT2D eigenvalue weighted by Crippen LogP contribution is -2.16. The van der Waals surface area contributed by atoms with Crippen LogP contribution in [-0.4, -0.2) is 17.9 Å². The van der Waals surface area contributed by atoms with E-state index in [-0.39, 0.29) is 17.1 Å². The summed E-state index contributed by atoms with van der Waals surface area (Å²) in [5, 5.41) is 12.9. The summed E-state index contributed by atoms with van der Waals surface area (Å²) in [4.78, 5) is 22.0. The molecule has 0 aliphatic heterocycles. The Kier molecular flexibility index (Phi) is 4.31. The van der Waals surface area contributed by atoms with E-state index < -0.39 is 28.0 Å². The first kappa shape index (κ1) is 15.4. The predicted octanol–water partition coefficient (Wildman–Crippen LogP) is 3.13. The van der Waals surface area contributed by atoms with Crippen LogP contribution in [0.4, 0.5) is 20.2 Å². The molecule has 6 nitrogen and oxygen atoms in total. The second-order valence-corrected chi connectivity index (χ2v) is 4.19. The van der Waals surface area contributed by atoms with E-state index in [1.54, 1.807) is 0 Å². The Morgan fingerprint density at radius 1 is 1.23 bits per heavy atom. The Bertz CT molecular complexity index is 729. The number of benzene rings is 2. The molecule has 0 heterocycles. The second kappa shape index (κ2) is 6.17. The Labute approximate surface area is 123 Å². The van der Waals surface area contributed by atoms with Crippen LogP contribution in [0.25, 0.3) is 0 Å². The van der Waals surface area contributed by atoms with E-state index in [4.69, 9.17) is 4.74 Å². The average Bonchev–Trinajstić information content (AvgIpc) is 2.47. The van der Waals surface area contributed by atoms with Crippen LogP contribution < -0.4 is 10.1 Å². The van der Waals surface area contributed by atoms with Crippen LogP contribution in [-0.2, 0) is 0 Å². The predicted molar refractivity (Wildman–Crippen MR) is 74.0 cm³/mol. The summed E-state index contributed by atoms with van der Waals surface area (Å²) in [6, 6.07) is 6.47. The molecule has 0 bridgehead atoms. The van der Waals surface area contributed by atoms with E-state index in [9.17, 15) is 23.7 Å². The third-order valence-electron chi connectivity index (χ3n) is 2.83. The van der Waals surface area contributed by atoms with Gasteiger partial charge in [-0.2, -0.15) is 0 Å². The third kappa shape index (κ3) is 3.00. The molecular weight excluding hydrogens is 298 g/mol. The molecule has 0 aromatic heterocycles. The zero-order chi connectivity index (χ0) is 16.3. The number of hydrogen-bond donors (Lipinski definition) is 1. The van der Waals surface area contributed by atoms with E-state index in [0.717, 1.165) is 30.3 Å². The molecule has 0 aliphatic rings. The van der Waals surface area contributed by atoms with Gasteiger partial charge in [-0.25, -0.2) is 8.78 Å². The first-order chi connectivity index (χ1) is 10.4. The Morgan fingerprint density at radius 3 is 2.41 bits per heavy atom. The molecule has 0 saturated carbocycles. The minimum absolute atomic E-state index is 0.000651. The fourth-order valence-electron chi connectivity index (χ4n) is 1.80. The zero-order valence-corrected chi connectivity index (χ0v) is 11.3. The second-order valence-electron chi connectivity index (χ2n) is 4.19. The molecule has 0 unspecified atom stereocenters. The first-order valence-electron chi connectivity index (χ1n) is 6.02. The number of ether oxygens (including phenoxy) is 1. The van der Waals surface area contributed by atoms with Crippen molar-refractivity contribution in [2.75, 3.05) is 12.4 Å². The van der Waals surface area contributed by atoms with Gasteiger partial charge in [0.1, 0.15) is 22.9 Å². The number of carbonyl (C=O) groups excluding carboxylic acids is 1. The number of amides is 1. The van der Waals surface area contributed by atoms with E-state index in [2.05, 4.69) is 5.32 Å². The van der Waals surface area contributed by atoms with Gasteiger partial charge in [0.05, 0.1) is 23.8 Å². The first-order valence-corrected chi connectivity index (χ1v) is 6.02. The van der Waals surface area contributed by atoms with Crippen molar-refractivity contribution in [1.82, 2.24) is 0 Å². The Hall–Kier alpha value is -3.03. The van der Waals surface area contributed by atoms with Gasteiger partial charge in [0.2, 0.25) is 0 Å². The largest absolute Gasteiger partial charge is 0.494 e. The summed E-state index contributed by atoms with van der Waals surface area (Å²) in [5.41, 5.74) is -0.935. The number of nitro benzene ring substituents is 1. The maximum Gasteiger partial charge on any atom is 0.273 e. The van der Waals surface area contributed by atoms with Crippen LogP contribution >= 0.6 is 0 Å². The number of methoxy groups -OCH3 is 1. The lowest BCUT2D eigenvalue weighted by atomic mass is 10.1. The number of halogens is 2. The highest BCUT2D eigenvalue weighted by molar-refractivity contribution is 6.05. The molecule has 1 amide bonds. The van der Waals surface area contributed by atoms with E-state index in [1.165, 1.54) is 13.2 Å². The van der Waals surface area contributed by atoms with Gasteiger partial charge in [-0.3, -0.25) is 14.9 Å². The standard InChI is InChI=1S/C14H10F2N2O4/c1-22-12-7-8(18(20)21)5-6-11(12)17-14(19)13-9(15)3-2-4-10(13)16/h2-7H,1H3,(H,17,19). The molecule has 0 fully saturated rings. The van der Waals surface area contributed by atoms with Crippen molar-refractivity contribution in [3.05, 3.63) is 63.7 Å². The maximum absolute atomic E-state index is 13.5. The SMILES string of the molecule is COc1cc([N+](=O)[O-])ccc1NC(=O)c1c(F)cccc1F. The van der Waals surface area contributed by atoms with Crippen molar-refractivity contribution in [1.29, 1.82) is 0 Å². The lowest BCUT2D eigenvalue weighted by molar-refractivity contribution is -0.384. The Balaban J connectivity index is 2.34. The summed E-state index contributed by atoms with van der Waals surface area (Å²) < 4.78 is 32.0. The number of nitrogens with zero attached hydrogens (tertiary/aromatic N) is 1. The summed E-state index contributed by atoms with van der Waals surface area (Å²) in [7, 11) is 1.25. The zero-order valence-electron chi connectivity index (χ0n) is 11.3. The smallest absolute Gasteiger partial charge is 0.273 e. The van der Waals surface area contributed by atoms with Gasteiger partial charge in [-0.05, 0) is 18.2 Å². The van der Waals surface area contributed by atoms with Crippen LogP contribution in [0.2, 0.25) is 0 Å². The van der Waals surface area contributed by atoms with Crippen molar-refractivity contribution >= 4 is 17.3 Å². The molecule has 114 valence electrons. The molecule has 0 aliphatic carbocycles. The van der Waals surface area contributed by atoms with Gasteiger partial charge in [-0.1, -0.05) is 6.07 Å². The third-order valence-corrected chi connectivity index (χ3v) is 2.83. The monoisotopic (exact) mass is 308 g/mol. The van der Waals surface area contributed by atoms with Gasteiger partial charge in [0.25, 0.3) is 11.6 Å². The molecule has 0 saturated heterocycles. The van der Waals surface area contributed by atoms with Crippen LogP contribution in [0.1, 0.15) is 10.4 Å². The number of hydrogen-bond acceptors (Lipinski definition) is 4. The number of anilines is 1. The van der Waals surface area contributed by atoms with Gasteiger partial charge in [-0.15, -0.1) is 0 Å². The van der Waals surface area contributed by atoms with Crippen molar-refractivity contribution < 1.29 is 23.2 Å². The minimum Gasteiger partial charge on any atom is -0.494 e. The molecule has 8 heteroatoms. The van der Waals surface area contributed by atoms with Crippen LogP contribution in [0.5, 0.6) is 5.75 Å². The molecule has 0 radical (unpaired) electrons. The summed E-state index contributed by atoms with van der Waals surface area (Å²) in [6.07, 6.45) is 0. The summed E-state index contributed by atoms with van der Waals surface area (Å²) in [6.45, 7) is 0. The average molecular weight is 308 g/mol. The topological polar surface area (TPSA) is 81.5 Å². The number of non-ortho nitro benzene ring substituents is 1. The summed E-state index contributed by atoms with van der Waals surface area (Å²) in [5.74, 6) is -3.06. The van der Waals surface area contributed by atoms with E-state index in [1.807, 2.05) is 0 Å². The molecule has 0 atom stereocenters. The van der Waals surface area contributed by atoms with Crippen LogP contribution in [0, 0.1) is 21.7 Å². The number of carbonyl (C=O) groups is 1. The highest BCUT2D eigenvalue weighted by Crippen LogP contribution is 2.29. The lowest BCUT2D eigenvalue weighted by Gasteiger charge is -2.10. The number of nitrogens with one attached hydrogen (secondary N) is 1. The molecule has 22 heavy (non-hydrogen) atoms. The molecule has 2 rings (SSSR count). The van der Waals surface area contributed by atoms with Crippen LogP contribution in [0.15, 0.2) is 36.4 Å². The highest BCUT2D eigenvalue weighted by Gasteiger charge is 2.19. The number of rotatable bonds is 4. The van der Waals surface area contributed by atoms with Gasteiger partial charge >= 0.3 is 0 Å². The maximum atomic E-state index is 13.5. The molecule has 2 aromatic carbocycles. The molecule has 1 N–H and O–H groups in total. The fraction of sp³-hybridized carbons (Fsp3) is 0.0714. The van der Waals surface area contributed by atoms with Crippen molar-refractivity contribution in [3.8, 4) is 5.75 Å². The van der Waals surface area contributed by atoms with E-state index in [0.29, 0.717) is 0 Å². The highest BCUT2D eigenvalue weighted by atomic mass is 19.1.